The van der Waals surface area contributed by atoms with Gasteiger partial charge in [-0.15, -0.1) is 0 Å². The summed E-state index contributed by atoms with van der Waals surface area (Å²) in [6.45, 7) is 6.12. The number of hydrogen-bond acceptors (Lipinski definition) is 2. The molecule has 1 aliphatic carbocycles. The fraction of sp³-hybridized carbons (Fsp3) is 0.588. The topological polar surface area (TPSA) is 35.6 Å². The maximum atomic E-state index is 13.6. The number of rotatable bonds is 1. The molecule has 23 heavy (non-hydrogen) atoms. The number of amides is 2. The van der Waals surface area contributed by atoms with Crippen LogP contribution in [0.5, 0.6) is 0 Å². The summed E-state index contributed by atoms with van der Waals surface area (Å²) in [4.78, 5) is 16.3. The lowest BCUT2D eigenvalue weighted by Gasteiger charge is -2.42. The Morgan fingerprint density at radius 3 is 2.87 bits per heavy atom. The first kappa shape index (κ1) is 16.2. The molecule has 0 bridgehead atoms. The van der Waals surface area contributed by atoms with Crippen molar-refractivity contribution in [2.24, 2.45) is 5.92 Å². The van der Waals surface area contributed by atoms with E-state index in [1.165, 1.54) is 6.08 Å². The maximum absolute atomic E-state index is 13.6. The standard InChI is InChI=1S/C17H23F2N3O/c1-17(2)11-21(7-5-20-17)16(23)22-6-3-4-15(22)12-8-13(18)10-14(19)9-12/h3,6,8,10,12,15,20H,4-5,7,9,11H2,1-2H3/t12?,15-/m0/s1. The first-order valence-corrected chi connectivity index (χ1v) is 8.08. The second kappa shape index (κ2) is 6.07. The Morgan fingerprint density at radius 2 is 2.17 bits per heavy atom. The highest BCUT2D eigenvalue weighted by Crippen LogP contribution is 2.33. The first-order chi connectivity index (χ1) is 10.9. The molecule has 1 N–H and O–H groups in total. The summed E-state index contributed by atoms with van der Waals surface area (Å²) in [5.41, 5.74) is -0.126. The third kappa shape index (κ3) is 3.47. The Labute approximate surface area is 135 Å². The highest BCUT2D eigenvalue weighted by Gasteiger charge is 2.37. The van der Waals surface area contributed by atoms with Crippen LogP contribution in [-0.2, 0) is 0 Å². The van der Waals surface area contributed by atoms with Crippen LogP contribution in [-0.4, -0.2) is 47.0 Å². The normalized spacial score (nSPS) is 30.3. The summed E-state index contributed by atoms with van der Waals surface area (Å²) in [6, 6.07) is -0.298. The summed E-state index contributed by atoms with van der Waals surface area (Å²) in [6.07, 6.45) is 6.79. The van der Waals surface area contributed by atoms with E-state index in [0.717, 1.165) is 12.6 Å². The zero-order valence-electron chi connectivity index (χ0n) is 13.6. The molecule has 2 heterocycles. The van der Waals surface area contributed by atoms with Gasteiger partial charge >= 0.3 is 6.03 Å². The number of piperazine rings is 1. The van der Waals surface area contributed by atoms with Crippen LogP contribution in [0.4, 0.5) is 13.6 Å². The second-order valence-corrected chi connectivity index (χ2v) is 7.12. The van der Waals surface area contributed by atoms with E-state index in [4.69, 9.17) is 0 Å². The number of carbonyl (C=O) groups excluding carboxylic acids is 1. The van der Waals surface area contributed by atoms with Gasteiger partial charge in [-0.3, -0.25) is 4.90 Å². The predicted molar refractivity (Wildman–Crippen MR) is 84.9 cm³/mol. The largest absolute Gasteiger partial charge is 0.324 e. The lowest BCUT2D eigenvalue weighted by molar-refractivity contribution is 0.119. The summed E-state index contributed by atoms with van der Waals surface area (Å²) in [7, 11) is 0. The van der Waals surface area contributed by atoms with Crippen LogP contribution in [0.1, 0.15) is 26.7 Å². The quantitative estimate of drug-likeness (QED) is 0.805. The van der Waals surface area contributed by atoms with Gasteiger partial charge in [-0.05, 0) is 26.3 Å². The third-order valence-electron chi connectivity index (χ3n) is 4.66. The van der Waals surface area contributed by atoms with Gasteiger partial charge in [-0.25, -0.2) is 13.6 Å². The zero-order valence-corrected chi connectivity index (χ0v) is 13.6. The van der Waals surface area contributed by atoms with Gasteiger partial charge in [-0.1, -0.05) is 6.08 Å². The number of allylic oxidation sites excluding steroid dienone is 3. The molecule has 1 fully saturated rings. The van der Waals surface area contributed by atoms with Crippen molar-refractivity contribution < 1.29 is 13.6 Å². The average Bonchev–Trinajstić information content (AvgIpc) is 2.93. The number of halogens is 2. The molecule has 0 aromatic carbocycles. The van der Waals surface area contributed by atoms with Gasteiger partial charge in [0.05, 0.1) is 0 Å². The molecule has 0 saturated carbocycles. The van der Waals surface area contributed by atoms with Crippen molar-refractivity contribution in [3.63, 3.8) is 0 Å². The molecule has 1 saturated heterocycles. The van der Waals surface area contributed by atoms with Crippen LogP contribution in [0.2, 0.25) is 0 Å². The molecule has 0 aromatic rings. The Hall–Kier alpha value is -1.69. The lowest BCUT2D eigenvalue weighted by Crippen LogP contribution is -2.60. The van der Waals surface area contributed by atoms with E-state index in [1.807, 2.05) is 11.0 Å². The molecule has 3 aliphatic rings. The summed E-state index contributed by atoms with van der Waals surface area (Å²) in [5, 5.41) is 3.37. The van der Waals surface area contributed by atoms with Crippen molar-refractivity contribution in [1.29, 1.82) is 0 Å². The summed E-state index contributed by atoms with van der Waals surface area (Å²) < 4.78 is 27.1. The number of hydrogen-bond donors (Lipinski definition) is 1. The molecule has 2 aliphatic heterocycles. The Kier molecular flexibility index (Phi) is 4.27. The molecule has 1 unspecified atom stereocenters. The molecular weight excluding hydrogens is 300 g/mol. The van der Waals surface area contributed by atoms with Crippen molar-refractivity contribution >= 4 is 6.03 Å². The number of nitrogens with one attached hydrogen (secondary N) is 1. The highest BCUT2D eigenvalue weighted by molar-refractivity contribution is 5.77. The Morgan fingerprint density at radius 1 is 1.39 bits per heavy atom. The molecule has 6 heteroatoms. The van der Waals surface area contributed by atoms with Gasteiger partial charge < -0.3 is 10.2 Å². The van der Waals surface area contributed by atoms with Crippen molar-refractivity contribution in [3.8, 4) is 0 Å². The van der Waals surface area contributed by atoms with Crippen LogP contribution in [0.15, 0.2) is 36.1 Å². The van der Waals surface area contributed by atoms with Crippen molar-refractivity contribution in [2.45, 2.75) is 38.3 Å². The minimum atomic E-state index is -0.554. The molecule has 3 rings (SSSR count). The fourth-order valence-electron chi connectivity index (χ4n) is 3.58. The number of urea groups is 1. The van der Waals surface area contributed by atoms with Crippen LogP contribution < -0.4 is 5.32 Å². The molecule has 2 atom stereocenters. The molecule has 2 amide bonds. The van der Waals surface area contributed by atoms with E-state index in [1.54, 1.807) is 11.1 Å². The molecule has 0 radical (unpaired) electrons. The summed E-state index contributed by atoms with van der Waals surface area (Å²) in [5.74, 6) is -1.34. The van der Waals surface area contributed by atoms with E-state index in [0.29, 0.717) is 19.5 Å². The molecule has 4 nitrogen and oxygen atoms in total. The predicted octanol–water partition coefficient (Wildman–Crippen LogP) is 3.10. The van der Waals surface area contributed by atoms with E-state index in [2.05, 4.69) is 19.2 Å². The van der Waals surface area contributed by atoms with Crippen LogP contribution in [0.25, 0.3) is 0 Å². The second-order valence-electron chi connectivity index (χ2n) is 7.12. The summed E-state index contributed by atoms with van der Waals surface area (Å²) >= 11 is 0. The molecule has 126 valence electrons. The molecule has 0 aromatic heterocycles. The first-order valence-electron chi connectivity index (χ1n) is 8.08. The van der Waals surface area contributed by atoms with Crippen molar-refractivity contribution in [2.75, 3.05) is 19.6 Å². The van der Waals surface area contributed by atoms with Gasteiger partial charge in [-0.2, -0.15) is 0 Å². The maximum Gasteiger partial charge on any atom is 0.324 e. The minimum Gasteiger partial charge on any atom is -0.321 e. The lowest BCUT2D eigenvalue weighted by atomic mass is 9.90. The van der Waals surface area contributed by atoms with Crippen molar-refractivity contribution in [1.82, 2.24) is 15.1 Å². The number of nitrogens with zero attached hydrogens (tertiary/aromatic N) is 2. The Balaban J connectivity index is 1.73. The van der Waals surface area contributed by atoms with Crippen LogP contribution in [0.3, 0.4) is 0 Å². The van der Waals surface area contributed by atoms with Gasteiger partial charge in [0.1, 0.15) is 11.7 Å². The van der Waals surface area contributed by atoms with E-state index >= 15 is 0 Å². The van der Waals surface area contributed by atoms with E-state index < -0.39 is 11.7 Å². The SMILES string of the molecule is CC1(C)CN(C(=O)N2C=CC[C@H]2C2C=C(F)C=C(F)C2)CCN1. The highest BCUT2D eigenvalue weighted by atomic mass is 19.1. The van der Waals surface area contributed by atoms with Gasteiger partial charge in [0.25, 0.3) is 0 Å². The number of carbonyl (C=O) groups is 1. The Bertz CT molecular complexity index is 582. The van der Waals surface area contributed by atoms with Gasteiger partial charge in [0, 0.05) is 55.8 Å². The third-order valence-corrected chi connectivity index (χ3v) is 4.66. The smallest absolute Gasteiger partial charge is 0.321 e. The molecule has 0 spiro atoms. The van der Waals surface area contributed by atoms with Gasteiger partial charge in [0.2, 0.25) is 0 Å². The van der Waals surface area contributed by atoms with E-state index in [-0.39, 0.29) is 30.0 Å². The van der Waals surface area contributed by atoms with Crippen molar-refractivity contribution in [3.05, 3.63) is 36.1 Å². The van der Waals surface area contributed by atoms with Crippen LogP contribution >= 0.6 is 0 Å². The zero-order chi connectivity index (χ0) is 16.6. The average molecular weight is 323 g/mol. The molecular formula is C17H23F2N3O. The van der Waals surface area contributed by atoms with Crippen LogP contribution in [0, 0.1) is 5.92 Å². The monoisotopic (exact) mass is 323 g/mol. The van der Waals surface area contributed by atoms with E-state index in [9.17, 15) is 13.6 Å². The minimum absolute atomic E-state index is 0.0814. The fourth-order valence-corrected chi connectivity index (χ4v) is 3.58. The van der Waals surface area contributed by atoms with Gasteiger partial charge in [0.15, 0.2) is 0 Å².